The molecule has 0 radical (unpaired) electrons. The summed E-state index contributed by atoms with van der Waals surface area (Å²) in [5, 5.41) is 0. The van der Waals surface area contributed by atoms with E-state index in [1.807, 2.05) is 20.8 Å². The molecule has 2 nitrogen and oxygen atoms in total. The lowest BCUT2D eigenvalue weighted by molar-refractivity contribution is -0.110. The van der Waals surface area contributed by atoms with Gasteiger partial charge in [-0.05, 0) is 44.9 Å². The van der Waals surface area contributed by atoms with Crippen molar-refractivity contribution in [2.75, 3.05) is 6.54 Å². The summed E-state index contributed by atoms with van der Waals surface area (Å²) in [6.45, 7) is 17.3. The molecule has 0 fully saturated rings. The highest BCUT2D eigenvalue weighted by Gasteiger charge is 1.89. The lowest BCUT2D eigenvalue weighted by atomic mass is 10.1. The molecule has 0 aromatic heterocycles. The van der Waals surface area contributed by atoms with Gasteiger partial charge in [0, 0.05) is 5.92 Å². The van der Waals surface area contributed by atoms with Gasteiger partial charge in [-0.15, -0.1) is 0 Å². The minimum Gasteiger partial charge on any atom is -0.331 e. The van der Waals surface area contributed by atoms with Crippen molar-refractivity contribution in [3.05, 3.63) is 34.9 Å². The van der Waals surface area contributed by atoms with E-state index in [1.165, 1.54) is 29.5 Å². The highest BCUT2D eigenvalue weighted by atomic mass is 16.1. The molecule has 2 N–H and O–H groups in total. The molecule has 1 aromatic carbocycles. The molecule has 1 aromatic rings. The molecule has 0 heterocycles. The zero-order valence-corrected chi connectivity index (χ0v) is 16.2. The predicted molar refractivity (Wildman–Crippen MR) is 101 cm³/mol. The predicted octanol–water partition coefficient (Wildman–Crippen LogP) is 5.61. The first kappa shape index (κ1) is 25.8. The van der Waals surface area contributed by atoms with E-state index in [1.54, 1.807) is 0 Å². The lowest BCUT2D eigenvalue weighted by Crippen LogP contribution is -1.89. The maximum absolute atomic E-state index is 9.74. The van der Waals surface area contributed by atoms with Crippen LogP contribution >= 0.6 is 0 Å². The summed E-state index contributed by atoms with van der Waals surface area (Å²) >= 11 is 0. The Morgan fingerprint density at radius 3 is 1.64 bits per heavy atom. The molecule has 0 aliphatic heterocycles. The topological polar surface area (TPSA) is 43.1 Å². The fourth-order valence-corrected chi connectivity index (χ4v) is 0.988. The number of carbonyl (C=O) groups is 1. The van der Waals surface area contributed by atoms with Crippen molar-refractivity contribution in [2.45, 2.75) is 74.7 Å². The number of aryl methyl sites for hydroxylation is 3. The lowest BCUT2D eigenvalue weighted by Gasteiger charge is -1.98. The molecule has 2 heteroatoms. The van der Waals surface area contributed by atoms with Gasteiger partial charge in [0.2, 0.25) is 0 Å². The third-order valence-corrected chi connectivity index (χ3v) is 3.04. The molecule has 0 bridgehead atoms. The van der Waals surface area contributed by atoms with Crippen LogP contribution in [0.15, 0.2) is 18.2 Å². The van der Waals surface area contributed by atoms with Crippen molar-refractivity contribution >= 4 is 6.29 Å². The van der Waals surface area contributed by atoms with Gasteiger partial charge in [0.05, 0.1) is 0 Å². The van der Waals surface area contributed by atoms with Crippen LogP contribution in [0.5, 0.6) is 0 Å². The van der Waals surface area contributed by atoms with E-state index in [4.69, 9.17) is 5.73 Å². The largest absolute Gasteiger partial charge is 0.331 e. The molecule has 0 aliphatic rings. The first-order valence-electron chi connectivity index (χ1n) is 8.53. The van der Waals surface area contributed by atoms with Crippen molar-refractivity contribution in [3.63, 3.8) is 0 Å². The summed E-state index contributed by atoms with van der Waals surface area (Å²) in [7, 11) is 0. The van der Waals surface area contributed by atoms with Crippen LogP contribution in [0.3, 0.4) is 0 Å². The molecular formula is C20H39NO. The molecule has 0 saturated carbocycles. The van der Waals surface area contributed by atoms with Gasteiger partial charge in [0.15, 0.2) is 0 Å². The second-order valence-electron chi connectivity index (χ2n) is 5.52. The highest BCUT2D eigenvalue weighted by molar-refractivity contribution is 5.52. The van der Waals surface area contributed by atoms with Crippen molar-refractivity contribution in [1.29, 1.82) is 0 Å². The molecule has 22 heavy (non-hydrogen) atoms. The minimum absolute atomic E-state index is 0.255. The quantitative estimate of drug-likeness (QED) is 0.737. The second kappa shape index (κ2) is 19.9. The zero-order chi connectivity index (χ0) is 18.0. The van der Waals surface area contributed by atoms with Gasteiger partial charge >= 0.3 is 0 Å². The highest BCUT2D eigenvalue weighted by Crippen LogP contribution is 2.07. The second-order valence-corrected chi connectivity index (χ2v) is 5.52. The van der Waals surface area contributed by atoms with Crippen LogP contribution in [0.4, 0.5) is 0 Å². The number of hydrogen-bond acceptors (Lipinski definition) is 2. The van der Waals surface area contributed by atoms with Crippen molar-refractivity contribution < 1.29 is 4.79 Å². The average Bonchev–Trinajstić information content (AvgIpc) is 2.52. The molecular weight excluding hydrogens is 270 g/mol. The number of aldehydes is 1. The Kier molecular flexibility index (Phi) is 23.3. The normalized spacial score (nSPS) is 9.86. The Morgan fingerprint density at radius 2 is 1.45 bits per heavy atom. The van der Waals surface area contributed by atoms with Gasteiger partial charge < -0.3 is 10.5 Å². The van der Waals surface area contributed by atoms with Gasteiger partial charge in [-0.3, -0.25) is 0 Å². The Labute approximate surface area is 139 Å². The maximum Gasteiger partial charge on any atom is 0.122 e. The van der Waals surface area contributed by atoms with Gasteiger partial charge in [-0.2, -0.15) is 0 Å². The third kappa shape index (κ3) is 21.2. The molecule has 1 unspecified atom stereocenters. The number of unbranched alkanes of at least 4 members (excludes halogenated alkanes) is 1. The van der Waals surface area contributed by atoms with E-state index in [9.17, 15) is 4.79 Å². The van der Waals surface area contributed by atoms with E-state index in [-0.39, 0.29) is 5.92 Å². The van der Waals surface area contributed by atoms with Crippen molar-refractivity contribution in [2.24, 2.45) is 11.7 Å². The number of rotatable bonds is 3. The van der Waals surface area contributed by atoms with Crippen LogP contribution in [0, 0.1) is 26.7 Å². The Balaban J connectivity index is -0.000000243. The Hall–Kier alpha value is -1.15. The summed E-state index contributed by atoms with van der Waals surface area (Å²) in [6, 6.07) is 6.50. The van der Waals surface area contributed by atoms with Crippen LogP contribution in [-0.2, 0) is 4.79 Å². The monoisotopic (exact) mass is 309 g/mol. The van der Waals surface area contributed by atoms with Gasteiger partial charge in [0.1, 0.15) is 6.29 Å². The molecule has 1 atom stereocenters. The minimum atomic E-state index is 0.255. The van der Waals surface area contributed by atoms with E-state index < -0.39 is 0 Å². The number of carbonyl (C=O) groups excluding carboxylic acids is 1. The molecule has 0 amide bonds. The van der Waals surface area contributed by atoms with Crippen LogP contribution in [-0.4, -0.2) is 12.8 Å². The van der Waals surface area contributed by atoms with Crippen LogP contribution in [0.1, 0.15) is 70.6 Å². The average molecular weight is 310 g/mol. The molecule has 1 rings (SSSR count). The van der Waals surface area contributed by atoms with E-state index in [0.717, 1.165) is 19.3 Å². The van der Waals surface area contributed by atoms with Gasteiger partial charge in [-0.25, -0.2) is 0 Å². The van der Waals surface area contributed by atoms with Crippen LogP contribution in [0.25, 0.3) is 0 Å². The fraction of sp³-hybridized carbons (Fsp3) is 0.650. The van der Waals surface area contributed by atoms with Gasteiger partial charge in [0.25, 0.3) is 0 Å². The third-order valence-electron chi connectivity index (χ3n) is 3.04. The molecule has 130 valence electrons. The van der Waals surface area contributed by atoms with Crippen molar-refractivity contribution in [1.82, 2.24) is 0 Å². The fourth-order valence-electron chi connectivity index (χ4n) is 0.988. The maximum atomic E-state index is 9.74. The first-order valence-corrected chi connectivity index (χ1v) is 8.53. The van der Waals surface area contributed by atoms with E-state index in [0.29, 0.717) is 0 Å². The SMILES string of the molecule is CCC(C)C=O.CCCC.CCN.Cc1ccc(C)c(C)c1. The van der Waals surface area contributed by atoms with Crippen LogP contribution < -0.4 is 5.73 Å². The summed E-state index contributed by atoms with van der Waals surface area (Å²) in [6.07, 6.45) is 4.57. The Bertz CT molecular complexity index is 346. The number of benzene rings is 1. The summed E-state index contributed by atoms with van der Waals surface area (Å²) in [5.74, 6) is 0.255. The first-order chi connectivity index (χ1) is 10.3. The smallest absolute Gasteiger partial charge is 0.122 e. The summed E-state index contributed by atoms with van der Waals surface area (Å²) in [4.78, 5) is 9.74. The molecule has 0 saturated heterocycles. The van der Waals surface area contributed by atoms with E-state index in [2.05, 4.69) is 52.8 Å². The number of nitrogens with two attached hydrogens (primary N) is 1. The molecule has 0 aliphatic carbocycles. The Morgan fingerprint density at radius 1 is 1.00 bits per heavy atom. The van der Waals surface area contributed by atoms with E-state index >= 15 is 0 Å². The zero-order valence-electron chi connectivity index (χ0n) is 16.2. The standard InChI is InChI=1S/C9H12.C5H10O.C4H10.C2H7N/c1-7-4-5-8(2)9(3)6-7;1-3-5(2)4-6;1-3-4-2;1-2-3/h4-6H,1-3H3;4-5H,3H2,1-2H3;3-4H2,1-2H3;2-3H2,1H3. The summed E-state index contributed by atoms with van der Waals surface area (Å²) < 4.78 is 0. The van der Waals surface area contributed by atoms with Gasteiger partial charge in [-0.1, -0.05) is 71.2 Å². The summed E-state index contributed by atoms with van der Waals surface area (Å²) in [5.41, 5.74) is 8.95. The van der Waals surface area contributed by atoms with Crippen LogP contribution in [0.2, 0.25) is 0 Å². The number of hydrogen-bond donors (Lipinski definition) is 1. The molecule has 0 spiro atoms. The van der Waals surface area contributed by atoms with Crippen molar-refractivity contribution in [3.8, 4) is 0 Å².